The molecule has 0 aliphatic carbocycles. The van der Waals surface area contributed by atoms with E-state index in [0.717, 1.165) is 58.0 Å². The van der Waals surface area contributed by atoms with Gasteiger partial charge in [-0.3, -0.25) is 0 Å². The third kappa shape index (κ3) is 8.89. The molecule has 0 fully saturated rings. The van der Waals surface area contributed by atoms with Crippen LogP contribution >= 0.6 is 80.7 Å². The minimum absolute atomic E-state index is 0.0489. The Hall–Kier alpha value is -4.08. The lowest BCUT2D eigenvalue weighted by Gasteiger charge is -2.22. The molecule has 0 amide bonds. The topological polar surface area (TPSA) is 165 Å². The van der Waals surface area contributed by atoms with E-state index < -0.39 is 0 Å². The van der Waals surface area contributed by atoms with E-state index in [-0.39, 0.29) is 18.5 Å². The van der Waals surface area contributed by atoms with E-state index in [4.69, 9.17) is 38.2 Å². The minimum Gasteiger partial charge on any atom is -0.396 e. The van der Waals surface area contributed by atoms with Crippen molar-refractivity contribution in [2.45, 2.75) is 32.9 Å². The molecule has 0 spiro atoms. The number of azo groups is 2. The molecule has 3 N–H and O–H groups in total. The van der Waals surface area contributed by atoms with Crippen LogP contribution in [0.2, 0.25) is 10.0 Å². The van der Waals surface area contributed by atoms with Crippen molar-refractivity contribution in [2.24, 2.45) is 20.5 Å². The molecule has 0 aliphatic heterocycles. The van der Waals surface area contributed by atoms with Crippen LogP contribution in [0.5, 0.6) is 0 Å². The average molecular weight is 885 g/mol. The van der Waals surface area contributed by atoms with Crippen LogP contribution in [0.4, 0.5) is 56.0 Å². The third-order valence-electron chi connectivity index (χ3n) is 8.46. The summed E-state index contributed by atoms with van der Waals surface area (Å²) in [6.07, 6.45) is 0. The van der Waals surface area contributed by atoms with Crippen molar-refractivity contribution in [1.29, 1.82) is 0 Å². The number of thioether (sulfide) groups is 1. The molecule has 0 aliphatic rings. The normalized spacial score (nSPS) is 11.8. The molecule has 7 rings (SSSR count). The van der Waals surface area contributed by atoms with Crippen molar-refractivity contribution in [3.05, 3.63) is 57.2 Å². The van der Waals surface area contributed by atoms with Gasteiger partial charge in [0.2, 0.25) is 11.9 Å². The summed E-state index contributed by atoms with van der Waals surface area (Å²) in [5.74, 6) is 0.915. The second-order valence-corrected chi connectivity index (χ2v) is 16.8. The first-order valence-corrected chi connectivity index (χ1v) is 22.6. The zero-order chi connectivity index (χ0) is 39.2. The maximum Gasteiger partial charge on any atom is 0.233 e. The zero-order valence-corrected chi connectivity index (χ0v) is 36.1. The maximum absolute atomic E-state index is 9.68. The number of benzene rings is 2. The fraction of sp³-hybridized carbons (Fsp3) is 0.286. The first-order valence-electron chi connectivity index (χ1n) is 17.5. The Kier molecular flexibility index (Phi) is 13.2. The molecule has 21 heteroatoms. The van der Waals surface area contributed by atoms with Crippen molar-refractivity contribution in [3.8, 4) is 0 Å². The van der Waals surface area contributed by atoms with E-state index in [1.54, 1.807) is 0 Å². The van der Waals surface area contributed by atoms with Gasteiger partial charge in [-0.1, -0.05) is 35.0 Å². The van der Waals surface area contributed by atoms with Gasteiger partial charge in [0.15, 0.2) is 15.2 Å². The summed E-state index contributed by atoms with van der Waals surface area (Å²) in [5.41, 5.74) is 4.37. The Morgan fingerprint density at radius 3 is 1.57 bits per heavy atom. The number of hydrogen-bond acceptors (Lipinski definition) is 19. The van der Waals surface area contributed by atoms with Gasteiger partial charge in [-0.25, -0.2) is 0 Å². The highest BCUT2D eigenvalue weighted by molar-refractivity contribution is 7.99. The molecule has 0 saturated heterocycles. The van der Waals surface area contributed by atoms with Crippen molar-refractivity contribution in [2.75, 3.05) is 59.0 Å². The standard InChI is InChI=1S/C35H35Cl2N13OS5/c1-5-49(6-2)19-9-11-23(43-45-29-27-21(36)17-53-31(27)47-55-29)25(15-19)38-33-40-34(42-35(41-33)52-14-13-51)39-26-16-20(50(7-3)8-4)10-12-24(26)44-46-30-28-22(37)18-54-32(28)48-56-30/h9-12,15-18,51H,5-8,13-14H2,1-4H3,(H2,38,39,40,41,42). The lowest BCUT2D eigenvalue weighted by molar-refractivity contribution is 0.322. The second-order valence-electron chi connectivity index (χ2n) is 11.7. The Morgan fingerprint density at radius 2 is 1.14 bits per heavy atom. The fourth-order valence-electron chi connectivity index (χ4n) is 5.68. The zero-order valence-electron chi connectivity index (χ0n) is 30.5. The summed E-state index contributed by atoms with van der Waals surface area (Å²) >= 11 is 19.6. The van der Waals surface area contributed by atoms with Gasteiger partial charge in [0.05, 0.1) is 38.8 Å². The number of aromatic nitrogens is 5. The molecule has 0 saturated carbocycles. The molecule has 290 valence electrons. The Morgan fingerprint density at radius 1 is 0.679 bits per heavy atom. The molecule has 56 heavy (non-hydrogen) atoms. The molecular formula is C35H35Cl2N13OS5. The summed E-state index contributed by atoms with van der Waals surface area (Å²) < 4.78 is 8.94. The van der Waals surface area contributed by atoms with Crippen LogP contribution in [-0.2, 0) is 0 Å². The van der Waals surface area contributed by atoms with Crippen LogP contribution in [0.25, 0.3) is 20.4 Å². The number of hydrogen-bond donors (Lipinski definition) is 3. The monoisotopic (exact) mass is 883 g/mol. The molecule has 0 radical (unpaired) electrons. The highest BCUT2D eigenvalue weighted by atomic mass is 35.5. The van der Waals surface area contributed by atoms with Crippen LogP contribution in [0.15, 0.2) is 72.8 Å². The number of nitrogens with one attached hydrogen (secondary N) is 2. The summed E-state index contributed by atoms with van der Waals surface area (Å²) in [5, 5.41) is 43.0. The molecule has 5 heterocycles. The highest BCUT2D eigenvalue weighted by Gasteiger charge is 2.17. The molecule has 0 bridgehead atoms. The van der Waals surface area contributed by atoms with Gasteiger partial charge in [0.1, 0.15) is 21.0 Å². The lowest BCUT2D eigenvalue weighted by atomic mass is 10.2. The predicted octanol–water partition coefficient (Wildman–Crippen LogP) is 12.6. The minimum atomic E-state index is -0.0489. The van der Waals surface area contributed by atoms with Gasteiger partial charge in [0, 0.05) is 54.1 Å². The molecular weight excluding hydrogens is 850 g/mol. The highest BCUT2D eigenvalue weighted by Crippen LogP contribution is 2.43. The number of thiophene rings is 2. The average Bonchev–Trinajstić information content (AvgIpc) is 3.99. The molecule has 0 atom stereocenters. The molecule has 2 aromatic carbocycles. The maximum atomic E-state index is 9.68. The Balaban J connectivity index is 1.27. The lowest BCUT2D eigenvalue weighted by Crippen LogP contribution is -2.21. The van der Waals surface area contributed by atoms with Gasteiger partial charge in [0.25, 0.3) is 0 Å². The van der Waals surface area contributed by atoms with Crippen LogP contribution in [0.1, 0.15) is 27.7 Å². The predicted molar refractivity (Wildman–Crippen MR) is 238 cm³/mol. The van der Waals surface area contributed by atoms with Gasteiger partial charge in [-0.15, -0.1) is 43.1 Å². The molecule has 5 aromatic heterocycles. The smallest absolute Gasteiger partial charge is 0.233 e. The van der Waals surface area contributed by atoms with Gasteiger partial charge < -0.3 is 25.5 Å². The van der Waals surface area contributed by atoms with Crippen molar-refractivity contribution < 1.29 is 5.11 Å². The Labute approximate surface area is 353 Å². The Bertz CT molecular complexity index is 2340. The molecule has 7 aromatic rings. The van der Waals surface area contributed by atoms with E-state index in [1.165, 1.54) is 57.5 Å². The summed E-state index contributed by atoms with van der Waals surface area (Å²) in [4.78, 5) is 20.4. The van der Waals surface area contributed by atoms with Crippen molar-refractivity contribution in [3.63, 3.8) is 0 Å². The van der Waals surface area contributed by atoms with E-state index in [1.807, 2.05) is 47.2 Å². The number of nitrogens with zero attached hydrogens (tertiary/aromatic N) is 11. The van der Waals surface area contributed by atoms with Crippen LogP contribution in [0, 0.1) is 0 Å². The van der Waals surface area contributed by atoms with Crippen LogP contribution in [-0.4, -0.2) is 67.3 Å². The molecule has 0 unspecified atom stereocenters. The SMILES string of the molecule is CCN(CC)c1ccc(N=Nc2snc3scc(Cl)c23)c(Nc2nc(Nc3cc(N(CC)CC)ccc3N=Nc3snc4scc(Cl)c34)nc(SCCO)n2)c1. The second kappa shape index (κ2) is 18.5. The first kappa shape index (κ1) is 40.1. The van der Waals surface area contributed by atoms with Crippen LogP contribution < -0.4 is 20.4 Å². The first-order chi connectivity index (χ1) is 27.3. The number of fused-ring (bicyclic) bond motifs is 2. The number of aliphatic hydroxyl groups excluding tert-OH is 1. The van der Waals surface area contributed by atoms with Gasteiger partial charge >= 0.3 is 0 Å². The van der Waals surface area contributed by atoms with Gasteiger partial charge in [-0.2, -0.15) is 23.7 Å². The fourth-order valence-corrected chi connectivity index (χ4v) is 10.4. The molecule has 14 nitrogen and oxygen atoms in total. The quantitative estimate of drug-likeness (QED) is 0.0589. The number of aliphatic hydroxyl groups is 1. The number of halogens is 2. The third-order valence-corrected chi connectivity index (χ3v) is 13.6. The van der Waals surface area contributed by atoms with E-state index >= 15 is 0 Å². The van der Waals surface area contributed by atoms with Crippen LogP contribution in [0.3, 0.4) is 0 Å². The van der Waals surface area contributed by atoms with E-state index in [0.29, 0.717) is 53.7 Å². The number of anilines is 6. The summed E-state index contributed by atoms with van der Waals surface area (Å²) in [7, 11) is 0. The van der Waals surface area contributed by atoms with Crippen molar-refractivity contribution >= 4 is 157 Å². The van der Waals surface area contributed by atoms with Crippen molar-refractivity contribution in [1.82, 2.24) is 23.7 Å². The number of rotatable bonds is 17. The largest absolute Gasteiger partial charge is 0.396 e. The summed E-state index contributed by atoms with van der Waals surface area (Å²) in [6.45, 7) is 11.6. The van der Waals surface area contributed by atoms with E-state index in [2.05, 4.69) is 77.3 Å². The van der Waals surface area contributed by atoms with Gasteiger partial charge in [-0.05, 0) is 87.2 Å². The summed E-state index contributed by atoms with van der Waals surface area (Å²) in [6, 6.07) is 11.8. The van der Waals surface area contributed by atoms with E-state index in [9.17, 15) is 5.11 Å².